The van der Waals surface area contributed by atoms with E-state index in [1.54, 1.807) is 0 Å². The van der Waals surface area contributed by atoms with Crippen LogP contribution in [0.25, 0.3) is 0 Å². The Balaban J connectivity index is 1.54. The Kier molecular flexibility index (Phi) is 6.06. The highest BCUT2D eigenvalue weighted by molar-refractivity contribution is 5.91. The predicted molar refractivity (Wildman–Crippen MR) is 124 cm³/mol. The van der Waals surface area contributed by atoms with E-state index in [0.717, 1.165) is 37.0 Å². The van der Waals surface area contributed by atoms with Crippen molar-refractivity contribution in [3.05, 3.63) is 11.6 Å². The molecule has 3 saturated carbocycles. The molecule has 3 fully saturated rings. The fourth-order valence-corrected chi connectivity index (χ4v) is 8.55. The zero-order valence-electron chi connectivity index (χ0n) is 20.4. The first kappa shape index (κ1) is 22.6. The Hall–Kier alpha value is -0.630. The van der Waals surface area contributed by atoms with Crippen LogP contribution in [0.3, 0.4) is 0 Å². The summed E-state index contributed by atoms with van der Waals surface area (Å²) in [5, 5.41) is 11.6. The summed E-state index contributed by atoms with van der Waals surface area (Å²) in [6.45, 7) is 14.4. The van der Waals surface area contributed by atoms with Crippen LogP contribution >= 0.6 is 0 Å². The third kappa shape index (κ3) is 3.44. The van der Waals surface area contributed by atoms with E-state index in [9.17, 15) is 9.90 Å². The van der Waals surface area contributed by atoms with E-state index in [1.807, 2.05) is 6.08 Å². The molecule has 0 amide bonds. The molecule has 0 unspecified atom stereocenters. The molecule has 0 saturated heterocycles. The lowest BCUT2D eigenvalue weighted by atomic mass is 9.45. The number of fused-ring (bicyclic) bond motifs is 5. The maximum atomic E-state index is 12.1. The maximum Gasteiger partial charge on any atom is 0.155 e. The molecule has 0 spiro atoms. The highest BCUT2D eigenvalue weighted by Gasteiger charge is 2.62. The minimum atomic E-state index is -0.185. The summed E-state index contributed by atoms with van der Waals surface area (Å²) < 4.78 is 0. The number of aliphatic hydroxyl groups is 1. The van der Waals surface area contributed by atoms with Crippen LogP contribution in [0.5, 0.6) is 0 Å². The topological polar surface area (TPSA) is 37.3 Å². The number of carbonyl (C=O) groups excluding carboxylic acids is 1. The predicted octanol–water partition coefficient (Wildman–Crippen LogP) is 6.81. The van der Waals surface area contributed by atoms with E-state index < -0.39 is 0 Å². The fourth-order valence-electron chi connectivity index (χ4n) is 8.55. The van der Waals surface area contributed by atoms with Gasteiger partial charge in [-0.25, -0.2) is 0 Å². The van der Waals surface area contributed by atoms with Crippen molar-refractivity contribution in [2.75, 3.05) is 0 Å². The number of aliphatic hydroxyl groups excluding tert-OH is 1. The van der Waals surface area contributed by atoms with Crippen LogP contribution < -0.4 is 0 Å². The van der Waals surface area contributed by atoms with Crippen LogP contribution in [-0.2, 0) is 4.79 Å². The number of carbonyl (C=O) groups is 1. The number of ketones is 1. The van der Waals surface area contributed by atoms with Gasteiger partial charge in [0.1, 0.15) is 0 Å². The zero-order valence-corrected chi connectivity index (χ0v) is 20.4. The second kappa shape index (κ2) is 8.05. The number of hydrogen-bond acceptors (Lipinski definition) is 2. The van der Waals surface area contributed by atoms with Crippen molar-refractivity contribution in [2.45, 2.75) is 105 Å². The van der Waals surface area contributed by atoms with Gasteiger partial charge in [0.05, 0.1) is 6.10 Å². The van der Waals surface area contributed by atoms with Crippen molar-refractivity contribution < 1.29 is 9.90 Å². The molecule has 2 nitrogen and oxygen atoms in total. The van der Waals surface area contributed by atoms with Crippen LogP contribution in [0.4, 0.5) is 0 Å². The first-order chi connectivity index (χ1) is 14.1. The largest absolute Gasteiger partial charge is 0.393 e. The molecule has 0 aromatic carbocycles. The third-order valence-electron chi connectivity index (χ3n) is 11.0. The number of rotatable bonds is 5. The molecule has 1 N–H and O–H groups in total. The van der Waals surface area contributed by atoms with Crippen LogP contribution in [0.1, 0.15) is 99.3 Å². The van der Waals surface area contributed by atoms with Crippen molar-refractivity contribution in [3.63, 3.8) is 0 Å². The van der Waals surface area contributed by atoms with Gasteiger partial charge in [-0.05, 0) is 96.9 Å². The van der Waals surface area contributed by atoms with Gasteiger partial charge in [-0.15, -0.1) is 0 Å². The third-order valence-corrected chi connectivity index (χ3v) is 11.0. The van der Waals surface area contributed by atoms with Crippen LogP contribution in [0.2, 0.25) is 0 Å². The summed E-state index contributed by atoms with van der Waals surface area (Å²) in [6, 6.07) is 0. The van der Waals surface area contributed by atoms with Crippen LogP contribution in [-0.4, -0.2) is 17.0 Å². The van der Waals surface area contributed by atoms with Gasteiger partial charge >= 0.3 is 0 Å². The average Bonchev–Trinajstić information content (AvgIpc) is 3.06. The normalized spacial score (nSPS) is 45.4. The Morgan fingerprint density at radius 1 is 1.03 bits per heavy atom. The highest BCUT2D eigenvalue weighted by Crippen LogP contribution is 2.67. The molecule has 0 aromatic rings. The molecule has 0 aliphatic heterocycles. The van der Waals surface area contributed by atoms with Crippen molar-refractivity contribution in [1.82, 2.24) is 0 Å². The van der Waals surface area contributed by atoms with Crippen molar-refractivity contribution in [3.8, 4) is 0 Å². The molecule has 9 atom stereocenters. The van der Waals surface area contributed by atoms with E-state index >= 15 is 0 Å². The van der Waals surface area contributed by atoms with Gasteiger partial charge in [0.15, 0.2) is 5.78 Å². The lowest BCUT2D eigenvalue weighted by molar-refractivity contribution is -0.141. The second-order valence-electron chi connectivity index (χ2n) is 12.5. The van der Waals surface area contributed by atoms with E-state index in [4.69, 9.17) is 0 Å². The molecule has 0 aromatic heterocycles. The Bertz CT molecular complexity index is 693. The molecule has 4 aliphatic rings. The van der Waals surface area contributed by atoms with Gasteiger partial charge in [-0.3, -0.25) is 4.79 Å². The number of allylic oxidation sites excluding steroid dienone is 1. The van der Waals surface area contributed by atoms with E-state index in [0.29, 0.717) is 35.9 Å². The molecule has 2 heteroatoms. The monoisotopic (exact) mass is 414 g/mol. The smallest absolute Gasteiger partial charge is 0.155 e. The first-order valence-corrected chi connectivity index (χ1v) is 13.0. The van der Waals surface area contributed by atoms with Gasteiger partial charge < -0.3 is 5.11 Å². The SMILES string of the molecule is CC(C)[C@@H](C)CC[C@@H](C)[C@H]1CC[C@H]2[C@@H]3CCC4=CC(=O)CC[C@]4(C)[C@H]3C[C@H](O)[C@]12C. The quantitative estimate of drug-likeness (QED) is 0.536. The molecule has 0 bridgehead atoms. The standard InChI is InChI=1S/C28H46O2/c1-17(2)18(3)7-8-19(4)23-11-12-24-22-10-9-20-15-21(29)13-14-27(20,5)25(22)16-26(30)28(23,24)6/h15,17-19,22-26,30H,7-14,16H2,1-6H3/t18-,19+,22-,23+,24-,25-,26-,27-,28+/m0/s1. The second-order valence-corrected chi connectivity index (χ2v) is 12.5. The fraction of sp³-hybridized carbons (Fsp3) is 0.893. The summed E-state index contributed by atoms with van der Waals surface area (Å²) in [6.07, 6.45) is 12.0. The minimum absolute atomic E-state index is 0.0870. The van der Waals surface area contributed by atoms with Gasteiger partial charge in [0.2, 0.25) is 0 Å². The Labute approximate surface area is 185 Å². The summed E-state index contributed by atoms with van der Waals surface area (Å²) in [7, 11) is 0. The average molecular weight is 415 g/mol. The summed E-state index contributed by atoms with van der Waals surface area (Å²) in [4.78, 5) is 12.1. The molecule has 4 rings (SSSR count). The van der Waals surface area contributed by atoms with Crippen molar-refractivity contribution >= 4 is 5.78 Å². The highest BCUT2D eigenvalue weighted by atomic mass is 16.3. The maximum absolute atomic E-state index is 12.1. The van der Waals surface area contributed by atoms with Gasteiger partial charge in [0.25, 0.3) is 0 Å². The van der Waals surface area contributed by atoms with Crippen molar-refractivity contribution in [2.24, 2.45) is 52.3 Å². The summed E-state index contributed by atoms with van der Waals surface area (Å²) in [5.74, 6) is 5.21. The number of hydrogen-bond donors (Lipinski definition) is 1. The molecule has 4 aliphatic carbocycles. The Morgan fingerprint density at radius 2 is 1.77 bits per heavy atom. The summed E-state index contributed by atoms with van der Waals surface area (Å²) in [5.41, 5.74) is 1.64. The van der Waals surface area contributed by atoms with E-state index in [-0.39, 0.29) is 16.9 Å². The molecule has 0 radical (unpaired) electrons. The molecule has 30 heavy (non-hydrogen) atoms. The van der Waals surface area contributed by atoms with Crippen LogP contribution in [0.15, 0.2) is 11.6 Å². The molecular weight excluding hydrogens is 368 g/mol. The van der Waals surface area contributed by atoms with Gasteiger partial charge in [0, 0.05) is 6.42 Å². The molecular formula is C28H46O2. The lowest BCUT2D eigenvalue weighted by Gasteiger charge is -2.60. The molecule has 0 heterocycles. The van der Waals surface area contributed by atoms with Crippen LogP contribution in [0, 0.1) is 52.3 Å². The zero-order chi connectivity index (χ0) is 21.8. The Morgan fingerprint density at radius 3 is 2.47 bits per heavy atom. The van der Waals surface area contributed by atoms with Gasteiger partial charge in [-0.2, -0.15) is 0 Å². The van der Waals surface area contributed by atoms with Gasteiger partial charge in [-0.1, -0.05) is 60.0 Å². The lowest BCUT2D eigenvalue weighted by Crippen LogP contribution is -2.56. The first-order valence-electron chi connectivity index (χ1n) is 13.0. The van der Waals surface area contributed by atoms with Crippen molar-refractivity contribution in [1.29, 1.82) is 0 Å². The molecule has 170 valence electrons. The summed E-state index contributed by atoms with van der Waals surface area (Å²) >= 11 is 0. The van der Waals surface area contributed by atoms with E-state index in [2.05, 4.69) is 41.5 Å². The minimum Gasteiger partial charge on any atom is -0.393 e. The van der Waals surface area contributed by atoms with E-state index in [1.165, 1.54) is 37.7 Å².